The van der Waals surface area contributed by atoms with E-state index < -0.39 is 30.6 Å². The van der Waals surface area contributed by atoms with E-state index in [2.05, 4.69) is 9.97 Å². The molecule has 2 aliphatic rings. The molecule has 2 aromatic heterocycles. The van der Waals surface area contributed by atoms with Gasteiger partial charge < -0.3 is 39.1 Å². The summed E-state index contributed by atoms with van der Waals surface area (Å²) in [5, 5.41) is 32.1. The van der Waals surface area contributed by atoms with E-state index in [-0.39, 0.29) is 12.4 Å². The summed E-state index contributed by atoms with van der Waals surface area (Å²) < 4.78 is 17.8. The number of ether oxygens (including phenoxy) is 3. The van der Waals surface area contributed by atoms with Crippen LogP contribution in [0.25, 0.3) is 11.0 Å². The first-order valence-corrected chi connectivity index (χ1v) is 8.68. The minimum Gasteiger partial charge on any atom is -0.454 e. The molecule has 3 aromatic rings. The van der Waals surface area contributed by atoms with Crippen molar-refractivity contribution in [2.75, 3.05) is 6.79 Å². The molecule has 1 aromatic carbocycles. The third-order valence-electron chi connectivity index (χ3n) is 5.11. The van der Waals surface area contributed by atoms with Crippen molar-refractivity contribution in [2.24, 2.45) is 0 Å². The Kier molecular flexibility index (Phi) is 3.88. The van der Waals surface area contributed by atoms with Crippen molar-refractivity contribution in [3.8, 4) is 11.5 Å². The van der Waals surface area contributed by atoms with Gasteiger partial charge in [-0.1, -0.05) is 6.07 Å². The van der Waals surface area contributed by atoms with E-state index in [1.54, 1.807) is 30.5 Å². The quantitative estimate of drug-likeness (QED) is 0.485. The zero-order valence-corrected chi connectivity index (χ0v) is 14.4. The van der Waals surface area contributed by atoms with E-state index in [9.17, 15) is 20.1 Å². The van der Waals surface area contributed by atoms with Gasteiger partial charge in [0.25, 0.3) is 5.56 Å². The van der Waals surface area contributed by atoms with E-state index >= 15 is 0 Å². The first kappa shape index (κ1) is 17.2. The first-order chi connectivity index (χ1) is 13.5. The van der Waals surface area contributed by atoms with Gasteiger partial charge in [-0.3, -0.25) is 4.79 Å². The Bertz CT molecular complexity index is 1090. The van der Waals surface area contributed by atoms with Crippen LogP contribution >= 0.6 is 0 Å². The van der Waals surface area contributed by atoms with Gasteiger partial charge in [0.2, 0.25) is 6.79 Å². The molecule has 2 aliphatic heterocycles. The fourth-order valence-corrected chi connectivity index (χ4v) is 3.65. The molecule has 1 fully saturated rings. The number of aromatic amines is 1. The van der Waals surface area contributed by atoms with Crippen LogP contribution < -0.4 is 15.0 Å². The predicted octanol–water partition coefficient (Wildman–Crippen LogP) is -0.194. The SMILES string of the molecule is O=c1[nH]cnc2c1ccn2[C@@H]1O[C@H]([C@H](O)c2ccc3c(c2)OCO3)[C@@H](O)[C@H]1O. The second-order valence-corrected chi connectivity index (χ2v) is 6.72. The number of nitrogens with zero attached hydrogens (tertiary/aromatic N) is 2. The highest BCUT2D eigenvalue weighted by molar-refractivity contribution is 5.74. The molecule has 1 saturated heterocycles. The predicted molar refractivity (Wildman–Crippen MR) is 93.8 cm³/mol. The van der Waals surface area contributed by atoms with Gasteiger partial charge >= 0.3 is 0 Å². The van der Waals surface area contributed by atoms with Crippen LogP contribution in [0.15, 0.2) is 41.6 Å². The summed E-state index contributed by atoms with van der Waals surface area (Å²) in [6.07, 6.45) is -3.23. The number of aliphatic hydroxyl groups is 3. The molecule has 10 heteroatoms. The molecule has 146 valence electrons. The summed E-state index contributed by atoms with van der Waals surface area (Å²) in [6, 6.07) is 6.45. The van der Waals surface area contributed by atoms with Gasteiger partial charge in [-0.15, -0.1) is 0 Å². The van der Waals surface area contributed by atoms with Gasteiger partial charge in [-0.25, -0.2) is 4.98 Å². The Morgan fingerprint density at radius 3 is 2.86 bits per heavy atom. The molecule has 0 unspecified atom stereocenters. The number of rotatable bonds is 3. The second kappa shape index (κ2) is 6.31. The van der Waals surface area contributed by atoms with Gasteiger partial charge in [0, 0.05) is 6.20 Å². The minimum absolute atomic E-state index is 0.102. The molecule has 0 spiro atoms. The fraction of sp³-hybridized carbons (Fsp3) is 0.333. The molecule has 10 nitrogen and oxygen atoms in total. The van der Waals surface area contributed by atoms with Crippen molar-refractivity contribution in [1.29, 1.82) is 0 Å². The Hall–Kier alpha value is -2.92. The maximum Gasteiger partial charge on any atom is 0.260 e. The molecular formula is C18H17N3O7. The molecular weight excluding hydrogens is 370 g/mol. The molecule has 0 saturated carbocycles. The van der Waals surface area contributed by atoms with E-state index in [0.29, 0.717) is 28.1 Å². The summed E-state index contributed by atoms with van der Waals surface area (Å²) in [4.78, 5) is 18.5. The van der Waals surface area contributed by atoms with E-state index in [0.717, 1.165) is 0 Å². The number of H-pyrrole nitrogens is 1. The summed E-state index contributed by atoms with van der Waals surface area (Å²) in [7, 11) is 0. The second-order valence-electron chi connectivity index (χ2n) is 6.72. The first-order valence-electron chi connectivity index (χ1n) is 8.68. The zero-order chi connectivity index (χ0) is 19.4. The smallest absolute Gasteiger partial charge is 0.260 e. The monoisotopic (exact) mass is 387 g/mol. The Morgan fingerprint density at radius 2 is 2.00 bits per heavy atom. The average Bonchev–Trinajstić information content (AvgIpc) is 3.40. The summed E-state index contributed by atoms with van der Waals surface area (Å²) in [6.45, 7) is 0.102. The number of hydrogen-bond donors (Lipinski definition) is 4. The van der Waals surface area contributed by atoms with Gasteiger partial charge in [0.1, 0.15) is 30.1 Å². The summed E-state index contributed by atoms with van der Waals surface area (Å²) in [5.41, 5.74) is 0.431. The fourth-order valence-electron chi connectivity index (χ4n) is 3.65. The Morgan fingerprint density at radius 1 is 1.18 bits per heavy atom. The van der Waals surface area contributed by atoms with Crippen LogP contribution in [0.1, 0.15) is 17.9 Å². The third kappa shape index (κ3) is 2.50. The third-order valence-corrected chi connectivity index (χ3v) is 5.11. The lowest BCUT2D eigenvalue weighted by atomic mass is 9.99. The number of aliphatic hydroxyl groups excluding tert-OH is 3. The number of benzene rings is 1. The van der Waals surface area contributed by atoms with E-state index in [1.165, 1.54) is 10.9 Å². The standard InChI is InChI=1S/C18H17N3O7/c22-12(8-1-2-10-11(5-8)27-7-26-10)15-13(23)14(24)18(28-15)21-4-3-9-16(21)19-6-20-17(9)25/h1-6,12-15,18,22-24H,7H2,(H,19,20,25)/t12-,13+,14-,15-,18-/m1/s1. The van der Waals surface area contributed by atoms with Crippen molar-refractivity contribution in [3.63, 3.8) is 0 Å². The lowest BCUT2D eigenvalue weighted by molar-refractivity contribution is -0.0848. The van der Waals surface area contributed by atoms with Crippen LogP contribution in [-0.2, 0) is 4.74 Å². The summed E-state index contributed by atoms with van der Waals surface area (Å²) >= 11 is 0. The highest BCUT2D eigenvalue weighted by Gasteiger charge is 2.47. The van der Waals surface area contributed by atoms with Gasteiger partial charge in [0.15, 0.2) is 17.7 Å². The number of aromatic nitrogens is 3. The van der Waals surface area contributed by atoms with Crippen LogP contribution in [-0.4, -0.2) is 55.0 Å². The largest absolute Gasteiger partial charge is 0.454 e. The molecule has 0 bridgehead atoms. The number of fused-ring (bicyclic) bond motifs is 2. The highest BCUT2D eigenvalue weighted by atomic mass is 16.7. The van der Waals surface area contributed by atoms with Crippen LogP contribution in [0.5, 0.6) is 11.5 Å². The lowest BCUT2D eigenvalue weighted by Crippen LogP contribution is -2.34. The van der Waals surface area contributed by atoms with Gasteiger partial charge in [0.05, 0.1) is 11.7 Å². The van der Waals surface area contributed by atoms with Crippen molar-refractivity contribution in [2.45, 2.75) is 30.6 Å². The van der Waals surface area contributed by atoms with Crippen molar-refractivity contribution < 1.29 is 29.5 Å². The van der Waals surface area contributed by atoms with Crippen LogP contribution in [0.2, 0.25) is 0 Å². The molecule has 5 rings (SSSR count). The van der Waals surface area contributed by atoms with Gasteiger partial charge in [-0.2, -0.15) is 0 Å². The van der Waals surface area contributed by atoms with Crippen LogP contribution in [0, 0.1) is 0 Å². The summed E-state index contributed by atoms with van der Waals surface area (Å²) in [5.74, 6) is 1.05. The molecule has 0 radical (unpaired) electrons. The van der Waals surface area contributed by atoms with Gasteiger partial charge in [-0.05, 0) is 23.8 Å². The minimum atomic E-state index is -1.36. The normalized spacial score (nSPS) is 27.4. The number of hydrogen-bond acceptors (Lipinski definition) is 8. The molecule has 4 heterocycles. The average molecular weight is 387 g/mol. The van der Waals surface area contributed by atoms with Crippen molar-refractivity contribution in [3.05, 3.63) is 52.7 Å². The molecule has 0 amide bonds. The zero-order valence-electron chi connectivity index (χ0n) is 14.4. The Balaban J connectivity index is 1.46. The molecule has 28 heavy (non-hydrogen) atoms. The maximum absolute atomic E-state index is 11.9. The Labute approximate surface area is 157 Å². The highest BCUT2D eigenvalue weighted by Crippen LogP contribution is 2.40. The lowest BCUT2D eigenvalue weighted by Gasteiger charge is -2.21. The van der Waals surface area contributed by atoms with Crippen LogP contribution in [0.3, 0.4) is 0 Å². The van der Waals surface area contributed by atoms with Crippen molar-refractivity contribution >= 4 is 11.0 Å². The van der Waals surface area contributed by atoms with Crippen LogP contribution in [0.4, 0.5) is 0 Å². The van der Waals surface area contributed by atoms with E-state index in [4.69, 9.17) is 14.2 Å². The van der Waals surface area contributed by atoms with Crippen molar-refractivity contribution in [1.82, 2.24) is 14.5 Å². The molecule has 0 aliphatic carbocycles. The number of nitrogens with one attached hydrogen (secondary N) is 1. The maximum atomic E-state index is 11.9. The topological polar surface area (TPSA) is 139 Å². The molecule has 4 N–H and O–H groups in total. The molecule has 5 atom stereocenters. The van der Waals surface area contributed by atoms with E-state index in [1.807, 2.05) is 0 Å².